The molecule has 1 aromatic heterocycles. The molecule has 0 fully saturated rings. The quantitative estimate of drug-likeness (QED) is 0.788. The molecule has 0 spiro atoms. The number of nitrogens with one attached hydrogen (secondary N) is 1. The fourth-order valence-electron chi connectivity index (χ4n) is 1.29. The van der Waals surface area contributed by atoms with Gasteiger partial charge in [-0.25, -0.2) is 4.39 Å². The first kappa shape index (κ1) is 13.1. The van der Waals surface area contributed by atoms with Crippen molar-refractivity contribution in [2.75, 3.05) is 11.9 Å². The number of aliphatic hydroxyl groups excluding tert-OH is 1. The van der Waals surface area contributed by atoms with Crippen LogP contribution >= 0.6 is 11.5 Å². The van der Waals surface area contributed by atoms with Gasteiger partial charge in [-0.3, -0.25) is 10.1 Å². The molecule has 19 heavy (non-hydrogen) atoms. The third-order valence-corrected chi connectivity index (χ3v) is 2.56. The molecule has 0 unspecified atom stereocenters. The number of carbonyl (C=O) groups excluding carboxylic acids is 1. The van der Waals surface area contributed by atoms with Crippen LogP contribution in [0, 0.1) is 17.7 Å². The Labute approximate surface area is 111 Å². The zero-order valence-electron chi connectivity index (χ0n) is 9.42. The van der Waals surface area contributed by atoms with Crippen molar-refractivity contribution in [3.05, 3.63) is 35.1 Å². The fraction of sp³-hybridized carbons (Fsp3) is 0.0909. The molecule has 0 saturated heterocycles. The van der Waals surface area contributed by atoms with Crippen LogP contribution in [0.15, 0.2) is 18.2 Å². The number of benzene rings is 1. The second-order valence-corrected chi connectivity index (χ2v) is 4.00. The van der Waals surface area contributed by atoms with E-state index < -0.39 is 11.7 Å². The second kappa shape index (κ2) is 5.99. The summed E-state index contributed by atoms with van der Waals surface area (Å²) in [7, 11) is 0. The van der Waals surface area contributed by atoms with Crippen molar-refractivity contribution in [1.82, 2.24) is 14.8 Å². The molecule has 1 amide bonds. The third-order valence-electron chi connectivity index (χ3n) is 2.05. The highest BCUT2D eigenvalue weighted by molar-refractivity contribution is 7.09. The van der Waals surface area contributed by atoms with Crippen molar-refractivity contribution in [2.24, 2.45) is 0 Å². The highest BCUT2D eigenvalue weighted by Crippen LogP contribution is 2.14. The molecule has 0 bridgehead atoms. The van der Waals surface area contributed by atoms with Crippen LogP contribution in [0.3, 0.4) is 0 Å². The number of rotatable bonds is 2. The highest BCUT2D eigenvalue weighted by Gasteiger charge is 2.13. The molecule has 0 aliphatic rings. The Morgan fingerprint density at radius 2 is 2.37 bits per heavy atom. The van der Waals surface area contributed by atoms with Gasteiger partial charge >= 0.3 is 0 Å². The molecule has 6 nitrogen and oxygen atoms in total. The summed E-state index contributed by atoms with van der Waals surface area (Å²) in [5.41, 5.74) is 0.363. The Morgan fingerprint density at radius 1 is 1.53 bits per heavy atom. The van der Waals surface area contributed by atoms with Crippen LogP contribution in [-0.2, 0) is 0 Å². The molecular formula is C11H7FN4O2S. The normalized spacial score (nSPS) is 9.58. The fourth-order valence-corrected chi connectivity index (χ4v) is 1.66. The number of halogens is 1. The van der Waals surface area contributed by atoms with Gasteiger partial charge in [0.2, 0.25) is 5.13 Å². The van der Waals surface area contributed by atoms with E-state index >= 15 is 0 Å². The number of amides is 1. The Balaban J connectivity index is 2.31. The van der Waals surface area contributed by atoms with Crippen molar-refractivity contribution in [3.63, 3.8) is 0 Å². The first-order valence-electron chi connectivity index (χ1n) is 5.06. The number of hydrogen-bond acceptors (Lipinski definition) is 6. The molecule has 8 heteroatoms. The van der Waals surface area contributed by atoms with Gasteiger partial charge in [-0.15, -0.1) is 0 Å². The van der Waals surface area contributed by atoms with Crippen molar-refractivity contribution in [3.8, 4) is 11.8 Å². The van der Waals surface area contributed by atoms with E-state index in [2.05, 4.69) is 32.0 Å². The van der Waals surface area contributed by atoms with Gasteiger partial charge in [-0.05, 0) is 23.4 Å². The lowest BCUT2D eigenvalue weighted by atomic mass is 10.1. The summed E-state index contributed by atoms with van der Waals surface area (Å²) in [6, 6.07) is 3.61. The van der Waals surface area contributed by atoms with Crippen LogP contribution in [0.25, 0.3) is 0 Å². The SMILES string of the molecule is O=C(Nc1nnns1)c1cc(F)ccc1C#CCO. The van der Waals surface area contributed by atoms with E-state index in [-0.39, 0.29) is 17.3 Å². The number of hydrogen-bond donors (Lipinski definition) is 2. The molecule has 1 heterocycles. The van der Waals surface area contributed by atoms with E-state index in [1.807, 2.05) is 0 Å². The minimum Gasteiger partial charge on any atom is -0.384 e. The van der Waals surface area contributed by atoms with Crippen molar-refractivity contribution >= 4 is 22.6 Å². The average molecular weight is 278 g/mol. The van der Waals surface area contributed by atoms with Crippen LogP contribution in [0.4, 0.5) is 9.52 Å². The van der Waals surface area contributed by atoms with Gasteiger partial charge in [0.25, 0.3) is 5.91 Å². The van der Waals surface area contributed by atoms with Crippen molar-refractivity contribution < 1.29 is 14.3 Å². The first-order chi connectivity index (χ1) is 9.20. The molecule has 2 aromatic rings. The molecule has 2 N–H and O–H groups in total. The predicted molar refractivity (Wildman–Crippen MR) is 66.0 cm³/mol. The summed E-state index contributed by atoms with van der Waals surface area (Å²) in [6.45, 7) is -0.348. The Hall–Kier alpha value is -2.37. The Morgan fingerprint density at radius 3 is 3.05 bits per heavy atom. The Bertz CT molecular complexity index is 648. The monoisotopic (exact) mass is 278 g/mol. The lowest BCUT2D eigenvalue weighted by Crippen LogP contribution is -2.13. The van der Waals surface area contributed by atoms with Gasteiger partial charge in [-0.1, -0.05) is 21.4 Å². The third kappa shape index (κ3) is 3.31. The number of aliphatic hydroxyl groups is 1. The molecule has 0 atom stereocenters. The summed E-state index contributed by atoms with van der Waals surface area (Å²) < 4.78 is 16.7. The first-order valence-corrected chi connectivity index (χ1v) is 5.83. The number of carbonyl (C=O) groups is 1. The molecule has 2 rings (SSSR count). The molecule has 0 aliphatic heterocycles. The molecule has 96 valence electrons. The van der Waals surface area contributed by atoms with E-state index in [0.717, 1.165) is 17.6 Å². The molecule has 0 saturated carbocycles. The summed E-state index contributed by atoms with van der Waals surface area (Å²) in [6.07, 6.45) is 0. The number of aromatic nitrogens is 3. The maximum atomic E-state index is 13.2. The lowest BCUT2D eigenvalue weighted by Gasteiger charge is -2.04. The smallest absolute Gasteiger partial charge is 0.258 e. The second-order valence-electron chi connectivity index (χ2n) is 3.27. The van der Waals surface area contributed by atoms with Crippen LogP contribution in [-0.4, -0.2) is 32.4 Å². The molecule has 0 radical (unpaired) electrons. The zero-order chi connectivity index (χ0) is 13.7. The van der Waals surface area contributed by atoms with Gasteiger partial charge in [0, 0.05) is 17.1 Å². The van der Waals surface area contributed by atoms with Crippen LogP contribution in [0.5, 0.6) is 0 Å². The standard InChI is InChI=1S/C11H7FN4O2S/c12-8-4-3-7(2-1-5-17)9(6-8)10(18)13-11-14-15-16-19-11/h3-4,6,17H,5H2,(H,13,14,16,18). The van der Waals surface area contributed by atoms with Gasteiger partial charge in [-0.2, -0.15) is 0 Å². The largest absolute Gasteiger partial charge is 0.384 e. The predicted octanol–water partition coefficient (Wildman–Crippen LogP) is 0.668. The van der Waals surface area contributed by atoms with E-state index in [0.29, 0.717) is 5.56 Å². The van der Waals surface area contributed by atoms with Crippen molar-refractivity contribution in [1.29, 1.82) is 0 Å². The van der Waals surface area contributed by atoms with Crippen LogP contribution in [0.2, 0.25) is 0 Å². The maximum Gasteiger partial charge on any atom is 0.258 e. The minimum atomic E-state index is -0.569. The summed E-state index contributed by atoms with van der Waals surface area (Å²) >= 11 is 0.900. The van der Waals surface area contributed by atoms with E-state index in [1.54, 1.807) is 0 Å². The lowest BCUT2D eigenvalue weighted by molar-refractivity contribution is 0.102. The minimum absolute atomic E-state index is 0.0520. The van der Waals surface area contributed by atoms with Gasteiger partial charge in [0.05, 0.1) is 5.56 Å². The summed E-state index contributed by atoms with van der Waals surface area (Å²) in [5, 5.41) is 18.2. The number of anilines is 1. The summed E-state index contributed by atoms with van der Waals surface area (Å²) in [5.74, 6) is 3.85. The Kier molecular flexibility index (Phi) is 4.12. The average Bonchev–Trinajstić information content (AvgIpc) is 2.90. The number of nitrogens with zero attached hydrogens (tertiary/aromatic N) is 3. The topological polar surface area (TPSA) is 88.0 Å². The maximum absolute atomic E-state index is 13.2. The highest BCUT2D eigenvalue weighted by atomic mass is 32.1. The van der Waals surface area contributed by atoms with Crippen molar-refractivity contribution in [2.45, 2.75) is 0 Å². The van der Waals surface area contributed by atoms with E-state index in [9.17, 15) is 9.18 Å². The van der Waals surface area contributed by atoms with Gasteiger partial charge in [0.15, 0.2) is 0 Å². The molecular weight excluding hydrogens is 271 g/mol. The van der Waals surface area contributed by atoms with E-state index in [1.165, 1.54) is 12.1 Å². The summed E-state index contributed by atoms with van der Waals surface area (Å²) in [4.78, 5) is 12.0. The van der Waals surface area contributed by atoms with E-state index in [4.69, 9.17) is 5.11 Å². The zero-order valence-corrected chi connectivity index (χ0v) is 10.2. The van der Waals surface area contributed by atoms with Crippen LogP contribution < -0.4 is 5.32 Å². The van der Waals surface area contributed by atoms with Crippen LogP contribution in [0.1, 0.15) is 15.9 Å². The molecule has 0 aliphatic carbocycles. The van der Waals surface area contributed by atoms with Gasteiger partial charge in [0.1, 0.15) is 12.4 Å². The van der Waals surface area contributed by atoms with Gasteiger partial charge < -0.3 is 5.11 Å². The molecule has 1 aromatic carbocycles.